The number of imide groups is 1. The second-order valence-corrected chi connectivity index (χ2v) is 7.00. The lowest BCUT2D eigenvalue weighted by atomic mass is 9.98. The van der Waals surface area contributed by atoms with Crippen LogP contribution in [0.25, 0.3) is 0 Å². The molecule has 0 bridgehead atoms. The Morgan fingerprint density at radius 3 is 2.13 bits per heavy atom. The number of hydrogen-bond acceptors (Lipinski definition) is 5. The Morgan fingerprint density at radius 1 is 1.00 bits per heavy atom. The Kier molecular flexibility index (Phi) is 6.90. The molecule has 0 spiro atoms. The maximum Gasteiger partial charge on any atom is 0.322 e. The lowest BCUT2D eigenvalue weighted by Crippen LogP contribution is -2.34. The Labute approximate surface area is 174 Å². The third-order valence-electron chi connectivity index (χ3n) is 4.97. The summed E-state index contributed by atoms with van der Waals surface area (Å²) >= 11 is 0. The van der Waals surface area contributed by atoms with Gasteiger partial charge in [0.15, 0.2) is 0 Å². The van der Waals surface area contributed by atoms with E-state index in [1.807, 2.05) is 48.5 Å². The zero-order chi connectivity index (χ0) is 21.5. The van der Waals surface area contributed by atoms with Crippen molar-refractivity contribution in [1.82, 2.24) is 16.0 Å². The monoisotopic (exact) mass is 411 g/mol. The van der Waals surface area contributed by atoms with Gasteiger partial charge in [-0.2, -0.15) is 0 Å². The number of rotatable bonds is 9. The highest BCUT2D eigenvalue weighted by Crippen LogP contribution is 2.23. The van der Waals surface area contributed by atoms with Crippen molar-refractivity contribution in [3.05, 3.63) is 59.7 Å². The van der Waals surface area contributed by atoms with Crippen LogP contribution >= 0.6 is 0 Å². The van der Waals surface area contributed by atoms with Crippen molar-refractivity contribution in [2.75, 3.05) is 14.2 Å². The van der Waals surface area contributed by atoms with Crippen LogP contribution in [0.5, 0.6) is 11.5 Å². The number of amides is 4. The largest absolute Gasteiger partial charge is 0.497 e. The van der Waals surface area contributed by atoms with Crippen LogP contribution in [0.1, 0.15) is 30.0 Å². The number of nitrogens with one attached hydrogen (secondary N) is 3. The van der Waals surface area contributed by atoms with Crippen LogP contribution < -0.4 is 25.4 Å². The topological polar surface area (TPSA) is 106 Å². The Balaban J connectivity index is 1.68. The minimum absolute atomic E-state index is 0.119. The molecule has 8 nitrogen and oxygen atoms in total. The first-order chi connectivity index (χ1) is 14.5. The van der Waals surface area contributed by atoms with Crippen molar-refractivity contribution >= 4 is 17.8 Å². The first kappa shape index (κ1) is 21.2. The molecule has 2 unspecified atom stereocenters. The molecule has 1 saturated heterocycles. The summed E-state index contributed by atoms with van der Waals surface area (Å²) in [5.41, 5.74) is 1.98. The van der Waals surface area contributed by atoms with Gasteiger partial charge in [-0.1, -0.05) is 24.3 Å². The summed E-state index contributed by atoms with van der Waals surface area (Å²) in [5, 5.41) is 7.71. The molecule has 1 aliphatic heterocycles. The minimum atomic E-state index is -0.677. The van der Waals surface area contributed by atoms with Gasteiger partial charge in [0.2, 0.25) is 5.91 Å². The van der Waals surface area contributed by atoms with Gasteiger partial charge >= 0.3 is 6.03 Å². The molecule has 3 N–H and O–H groups in total. The van der Waals surface area contributed by atoms with E-state index in [0.717, 1.165) is 22.6 Å². The number of ether oxygens (including phenoxy) is 2. The van der Waals surface area contributed by atoms with Crippen LogP contribution in [-0.2, 0) is 16.0 Å². The maximum absolute atomic E-state index is 12.6. The highest BCUT2D eigenvalue weighted by Gasteiger charge is 2.29. The Morgan fingerprint density at radius 2 is 1.60 bits per heavy atom. The molecule has 4 amide bonds. The van der Waals surface area contributed by atoms with Gasteiger partial charge < -0.3 is 20.1 Å². The molecule has 2 atom stereocenters. The molecule has 1 fully saturated rings. The minimum Gasteiger partial charge on any atom is -0.497 e. The second kappa shape index (κ2) is 9.78. The molecule has 1 aliphatic rings. The van der Waals surface area contributed by atoms with Gasteiger partial charge in [-0.3, -0.25) is 14.9 Å². The van der Waals surface area contributed by atoms with E-state index >= 15 is 0 Å². The van der Waals surface area contributed by atoms with E-state index in [1.54, 1.807) is 14.2 Å². The van der Waals surface area contributed by atoms with Gasteiger partial charge in [-0.25, -0.2) is 4.79 Å². The van der Waals surface area contributed by atoms with Crippen LogP contribution in [0.15, 0.2) is 48.5 Å². The molecule has 0 aliphatic carbocycles. The van der Waals surface area contributed by atoms with Gasteiger partial charge in [-0.05, 0) is 48.2 Å². The predicted octanol–water partition coefficient (Wildman–Crippen LogP) is 2.09. The summed E-state index contributed by atoms with van der Waals surface area (Å²) in [6, 6.07) is 13.7. The van der Waals surface area contributed by atoms with Crippen LogP contribution in [0.2, 0.25) is 0 Å². The van der Waals surface area contributed by atoms with Crippen molar-refractivity contribution in [3.8, 4) is 11.5 Å². The number of benzene rings is 2. The van der Waals surface area contributed by atoms with Gasteiger partial charge in [0.05, 0.1) is 20.3 Å². The lowest BCUT2D eigenvalue weighted by molar-refractivity contribution is -0.122. The van der Waals surface area contributed by atoms with E-state index in [2.05, 4.69) is 16.0 Å². The highest BCUT2D eigenvalue weighted by atomic mass is 16.5. The first-order valence-electron chi connectivity index (χ1n) is 9.66. The number of carbonyl (C=O) groups is 3. The first-order valence-corrected chi connectivity index (χ1v) is 9.66. The zero-order valence-electron chi connectivity index (χ0n) is 16.9. The SMILES string of the molecule is COc1ccc(CC(NC(=O)CCC2NC(=O)NC2=O)c2ccc(OC)cc2)cc1. The maximum atomic E-state index is 12.6. The normalized spacial score (nSPS) is 16.4. The number of urea groups is 1. The lowest BCUT2D eigenvalue weighted by Gasteiger charge is -2.20. The summed E-state index contributed by atoms with van der Waals surface area (Å²) in [4.78, 5) is 35.4. The summed E-state index contributed by atoms with van der Waals surface area (Å²) in [7, 11) is 3.21. The van der Waals surface area contributed by atoms with Crippen molar-refractivity contribution in [2.45, 2.75) is 31.3 Å². The Bertz CT molecular complexity index is 896. The van der Waals surface area contributed by atoms with Crippen molar-refractivity contribution in [1.29, 1.82) is 0 Å². The molecule has 30 heavy (non-hydrogen) atoms. The van der Waals surface area contributed by atoms with Crippen LogP contribution in [0.4, 0.5) is 4.79 Å². The molecule has 8 heteroatoms. The van der Waals surface area contributed by atoms with Gasteiger partial charge in [0.25, 0.3) is 5.91 Å². The van der Waals surface area contributed by atoms with Crippen LogP contribution in [-0.4, -0.2) is 38.1 Å². The molecule has 2 aromatic carbocycles. The smallest absolute Gasteiger partial charge is 0.322 e. The second-order valence-electron chi connectivity index (χ2n) is 7.00. The van der Waals surface area contributed by atoms with E-state index in [9.17, 15) is 14.4 Å². The van der Waals surface area contributed by atoms with E-state index in [0.29, 0.717) is 6.42 Å². The highest BCUT2D eigenvalue weighted by molar-refractivity contribution is 6.04. The zero-order valence-corrected chi connectivity index (χ0v) is 16.9. The Hall–Kier alpha value is -3.55. The standard InChI is InChI=1S/C22H25N3O5/c1-29-16-7-3-14(4-8-16)13-19(15-5-9-17(30-2)10-6-15)23-20(26)12-11-18-21(27)25-22(28)24-18/h3-10,18-19H,11-13H2,1-2H3,(H,23,26)(H2,24,25,27,28). The molecule has 158 valence electrons. The molecular formula is C22H25N3O5. The number of hydrogen-bond donors (Lipinski definition) is 3. The number of carbonyl (C=O) groups excluding carboxylic acids is 3. The van der Waals surface area contributed by atoms with Crippen molar-refractivity contribution < 1.29 is 23.9 Å². The summed E-state index contributed by atoms with van der Waals surface area (Å²) in [5.74, 6) is 0.896. The van der Waals surface area contributed by atoms with E-state index < -0.39 is 18.0 Å². The molecule has 0 radical (unpaired) electrons. The molecule has 1 heterocycles. The molecule has 0 saturated carbocycles. The number of methoxy groups -OCH3 is 2. The molecular weight excluding hydrogens is 386 g/mol. The van der Waals surface area contributed by atoms with Gasteiger partial charge in [-0.15, -0.1) is 0 Å². The third kappa shape index (κ3) is 5.50. The van der Waals surface area contributed by atoms with Crippen molar-refractivity contribution in [2.24, 2.45) is 0 Å². The van der Waals surface area contributed by atoms with Crippen LogP contribution in [0, 0.1) is 0 Å². The van der Waals surface area contributed by atoms with Crippen molar-refractivity contribution in [3.63, 3.8) is 0 Å². The summed E-state index contributed by atoms with van der Waals surface area (Å²) in [6.45, 7) is 0. The molecule has 3 rings (SSSR count). The fourth-order valence-corrected chi connectivity index (χ4v) is 3.29. The molecule has 2 aromatic rings. The fraction of sp³-hybridized carbons (Fsp3) is 0.318. The van der Waals surface area contributed by atoms with Gasteiger partial charge in [0.1, 0.15) is 17.5 Å². The average Bonchev–Trinajstić information content (AvgIpc) is 3.09. The predicted molar refractivity (Wildman–Crippen MR) is 110 cm³/mol. The third-order valence-corrected chi connectivity index (χ3v) is 4.97. The van der Waals surface area contributed by atoms with E-state index in [1.165, 1.54) is 0 Å². The quantitative estimate of drug-likeness (QED) is 0.548. The fourth-order valence-electron chi connectivity index (χ4n) is 3.29. The van der Waals surface area contributed by atoms with Crippen LogP contribution in [0.3, 0.4) is 0 Å². The van der Waals surface area contributed by atoms with E-state index in [4.69, 9.17) is 9.47 Å². The summed E-state index contributed by atoms with van der Waals surface area (Å²) < 4.78 is 10.4. The summed E-state index contributed by atoms with van der Waals surface area (Å²) in [6.07, 6.45) is 0.942. The average molecular weight is 411 g/mol. The van der Waals surface area contributed by atoms with E-state index in [-0.39, 0.29) is 24.8 Å². The van der Waals surface area contributed by atoms with Gasteiger partial charge in [0, 0.05) is 6.42 Å². The molecule has 0 aromatic heterocycles.